The maximum Gasteiger partial charge on any atom is 0.250 e. The van der Waals surface area contributed by atoms with Gasteiger partial charge in [0, 0.05) is 18.0 Å². The standard InChI is InChI=1S/C13H23N3O2S2/c1-14-10-12-3-4-13(19-12)20(17,18)15-9-11-5-7-16(2)8-6-11/h3-4,11,14-15H,5-10H2,1-2H3. The topological polar surface area (TPSA) is 61.4 Å². The molecule has 0 unspecified atom stereocenters. The minimum absolute atomic E-state index is 0.413. The number of likely N-dealkylation sites (tertiary alicyclic amines) is 1. The molecule has 7 heteroatoms. The lowest BCUT2D eigenvalue weighted by Gasteiger charge is -2.28. The van der Waals surface area contributed by atoms with Gasteiger partial charge in [0.2, 0.25) is 10.0 Å². The van der Waals surface area contributed by atoms with Crippen molar-refractivity contribution < 1.29 is 8.42 Å². The quantitative estimate of drug-likeness (QED) is 0.824. The molecule has 0 bridgehead atoms. The van der Waals surface area contributed by atoms with Gasteiger partial charge < -0.3 is 10.2 Å². The summed E-state index contributed by atoms with van der Waals surface area (Å²) in [6, 6.07) is 3.56. The maximum absolute atomic E-state index is 12.2. The van der Waals surface area contributed by atoms with Crippen LogP contribution in [-0.4, -0.2) is 47.0 Å². The van der Waals surface area contributed by atoms with Gasteiger partial charge in [0.05, 0.1) is 0 Å². The fourth-order valence-corrected chi connectivity index (χ4v) is 4.87. The van der Waals surface area contributed by atoms with E-state index in [0.29, 0.717) is 23.2 Å². The van der Waals surface area contributed by atoms with Crippen molar-refractivity contribution in [3.05, 3.63) is 17.0 Å². The first kappa shape index (κ1) is 15.9. The minimum atomic E-state index is -3.34. The Morgan fingerprint density at radius 3 is 2.70 bits per heavy atom. The fraction of sp³-hybridized carbons (Fsp3) is 0.692. The molecule has 5 nitrogen and oxygen atoms in total. The molecule has 1 aromatic rings. The maximum atomic E-state index is 12.2. The van der Waals surface area contributed by atoms with Crippen LogP contribution in [0.2, 0.25) is 0 Å². The second kappa shape index (κ2) is 7.00. The van der Waals surface area contributed by atoms with Crippen LogP contribution in [0.3, 0.4) is 0 Å². The van der Waals surface area contributed by atoms with Crippen molar-refractivity contribution in [3.8, 4) is 0 Å². The predicted octanol–water partition coefficient (Wildman–Crippen LogP) is 1.09. The van der Waals surface area contributed by atoms with E-state index in [0.717, 1.165) is 30.8 Å². The Bertz CT molecular complexity index is 519. The van der Waals surface area contributed by atoms with Crippen LogP contribution in [0.5, 0.6) is 0 Å². The normalized spacial score (nSPS) is 18.5. The lowest BCUT2D eigenvalue weighted by molar-refractivity contribution is 0.220. The predicted molar refractivity (Wildman–Crippen MR) is 82.5 cm³/mol. The van der Waals surface area contributed by atoms with E-state index in [1.165, 1.54) is 11.3 Å². The first-order valence-corrected chi connectivity index (χ1v) is 9.23. The average molecular weight is 317 g/mol. The minimum Gasteiger partial charge on any atom is -0.315 e. The first-order valence-electron chi connectivity index (χ1n) is 6.93. The summed E-state index contributed by atoms with van der Waals surface area (Å²) in [5, 5.41) is 3.03. The van der Waals surface area contributed by atoms with E-state index in [2.05, 4.69) is 22.0 Å². The van der Waals surface area contributed by atoms with E-state index in [9.17, 15) is 8.42 Å². The molecule has 0 amide bonds. The van der Waals surface area contributed by atoms with Crippen molar-refractivity contribution in [2.75, 3.05) is 33.7 Å². The number of sulfonamides is 1. The van der Waals surface area contributed by atoms with Crippen LogP contribution in [0.1, 0.15) is 17.7 Å². The van der Waals surface area contributed by atoms with Crippen LogP contribution in [0.4, 0.5) is 0 Å². The third-order valence-electron chi connectivity index (χ3n) is 3.65. The number of piperidine rings is 1. The monoisotopic (exact) mass is 317 g/mol. The zero-order valence-corrected chi connectivity index (χ0v) is 13.7. The van der Waals surface area contributed by atoms with E-state index >= 15 is 0 Å². The van der Waals surface area contributed by atoms with Crippen molar-refractivity contribution in [1.82, 2.24) is 14.9 Å². The Hall–Kier alpha value is -0.470. The smallest absolute Gasteiger partial charge is 0.250 e. The Morgan fingerprint density at radius 1 is 1.35 bits per heavy atom. The number of thiophene rings is 1. The molecule has 1 saturated heterocycles. The molecular formula is C13H23N3O2S2. The molecule has 20 heavy (non-hydrogen) atoms. The van der Waals surface area contributed by atoms with Crippen LogP contribution < -0.4 is 10.0 Å². The van der Waals surface area contributed by atoms with E-state index < -0.39 is 10.0 Å². The van der Waals surface area contributed by atoms with Gasteiger partial charge in [-0.05, 0) is 58.1 Å². The molecule has 0 saturated carbocycles. The van der Waals surface area contributed by atoms with E-state index in [1.54, 1.807) is 6.07 Å². The van der Waals surface area contributed by atoms with Crippen molar-refractivity contribution in [1.29, 1.82) is 0 Å². The third-order valence-corrected chi connectivity index (χ3v) is 6.65. The third kappa shape index (κ3) is 4.26. The summed E-state index contributed by atoms with van der Waals surface area (Å²) < 4.78 is 27.6. The number of hydrogen-bond donors (Lipinski definition) is 2. The van der Waals surface area contributed by atoms with Crippen molar-refractivity contribution >= 4 is 21.4 Å². The molecule has 1 fully saturated rings. The summed E-state index contributed by atoms with van der Waals surface area (Å²) in [6.45, 7) is 3.36. The van der Waals surface area contributed by atoms with Gasteiger partial charge in [-0.3, -0.25) is 0 Å². The van der Waals surface area contributed by atoms with Crippen LogP contribution >= 0.6 is 11.3 Å². The number of nitrogens with zero attached hydrogens (tertiary/aromatic N) is 1. The number of nitrogens with one attached hydrogen (secondary N) is 2. The summed E-state index contributed by atoms with van der Waals surface area (Å²) in [6.07, 6.45) is 2.13. The molecule has 1 aliphatic rings. The molecule has 114 valence electrons. The summed E-state index contributed by atoms with van der Waals surface area (Å²) in [5.41, 5.74) is 0. The van der Waals surface area contributed by atoms with Crippen molar-refractivity contribution in [2.24, 2.45) is 5.92 Å². The van der Waals surface area contributed by atoms with Crippen molar-refractivity contribution in [3.63, 3.8) is 0 Å². The summed E-state index contributed by atoms with van der Waals surface area (Å²) >= 11 is 1.33. The highest BCUT2D eigenvalue weighted by Crippen LogP contribution is 2.22. The molecule has 0 aliphatic carbocycles. The van der Waals surface area contributed by atoms with Crippen LogP contribution in [0, 0.1) is 5.92 Å². The first-order chi connectivity index (χ1) is 9.51. The van der Waals surface area contributed by atoms with Gasteiger partial charge in [0.1, 0.15) is 4.21 Å². The molecule has 0 radical (unpaired) electrons. The summed E-state index contributed by atoms with van der Waals surface area (Å²) in [7, 11) is 0.616. The molecule has 2 heterocycles. The zero-order chi connectivity index (χ0) is 14.6. The SMILES string of the molecule is CNCc1ccc(S(=O)(=O)NCC2CCN(C)CC2)s1. The van der Waals surface area contributed by atoms with Gasteiger partial charge in [0.25, 0.3) is 0 Å². The average Bonchev–Trinajstić information content (AvgIpc) is 2.88. The van der Waals surface area contributed by atoms with E-state index in [1.807, 2.05) is 13.1 Å². The van der Waals surface area contributed by atoms with Gasteiger partial charge >= 0.3 is 0 Å². The molecular weight excluding hydrogens is 294 g/mol. The van der Waals surface area contributed by atoms with Crippen LogP contribution in [0.25, 0.3) is 0 Å². The second-order valence-corrected chi connectivity index (χ2v) is 8.51. The Balaban J connectivity index is 1.90. The highest BCUT2D eigenvalue weighted by molar-refractivity contribution is 7.91. The second-order valence-electron chi connectivity index (χ2n) is 5.35. The van der Waals surface area contributed by atoms with Gasteiger partial charge in [0.15, 0.2) is 0 Å². The van der Waals surface area contributed by atoms with Gasteiger partial charge in [-0.1, -0.05) is 0 Å². The fourth-order valence-electron chi connectivity index (χ4n) is 2.34. The Labute approximate surface area is 125 Å². The lowest BCUT2D eigenvalue weighted by Crippen LogP contribution is -2.36. The largest absolute Gasteiger partial charge is 0.315 e. The van der Waals surface area contributed by atoms with E-state index in [-0.39, 0.29) is 0 Å². The highest BCUT2D eigenvalue weighted by Gasteiger charge is 2.21. The Morgan fingerprint density at radius 2 is 2.05 bits per heavy atom. The lowest BCUT2D eigenvalue weighted by atomic mass is 9.98. The number of hydrogen-bond acceptors (Lipinski definition) is 5. The molecule has 2 rings (SSSR count). The molecule has 1 aromatic heterocycles. The summed E-state index contributed by atoms with van der Waals surface area (Å²) in [4.78, 5) is 3.32. The number of rotatable bonds is 6. The Kier molecular flexibility index (Phi) is 5.57. The van der Waals surface area contributed by atoms with Crippen molar-refractivity contribution in [2.45, 2.75) is 23.6 Å². The zero-order valence-electron chi connectivity index (χ0n) is 12.1. The molecule has 0 atom stereocenters. The molecule has 2 N–H and O–H groups in total. The van der Waals surface area contributed by atoms with Gasteiger partial charge in [-0.15, -0.1) is 11.3 Å². The molecule has 1 aliphatic heterocycles. The van der Waals surface area contributed by atoms with Crippen LogP contribution in [-0.2, 0) is 16.6 Å². The molecule has 0 aromatic carbocycles. The highest BCUT2D eigenvalue weighted by atomic mass is 32.2. The van der Waals surface area contributed by atoms with Gasteiger partial charge in [-0.25, -0.2) is 13.1 Å². The summed E-state index contributed by atoms with van der Waals surface area (Å²) in [5.74, 6) is 0.456. The molecule has 0 spiro atoms. The van der Waals surface area contributed by atoms with Gasteiger partial charge in [-0.2, -0.15) is 0 Å². The van der Waals surface area contributed by atoms with Crippen LogP contribution in [0.15, 0.2) is 16.3 Å². The van der Waals surface area contributed by atoms with E-state index in [4.69, 9.17) is 0 Å².